The van der Waals surface area contributed by atoms with E-state index in [0.717, 1.165) is 22.6 Å². The van der Waals surface area contributed by atoms with Gasteiger partial charge in [-0.3, -0.25) is 0 Å². The van der Waals surface area contributed by atoms with Crippen LogP contribution in [0.1, 0.15) is 5.56 Å². The summed E-state index contributed by atoms with van der Waals surface area (Å²) in [6.45, 7) is 7.10. The Kier molecular flexibility index (Phi) is 3.88. The lowest BCUT2D eigenvalue weighted by Crippen LogP contribution is -2.49. The first-order chi connectivity index (χ1) is 16.4. The Labute approximate surface area is 200 Å². The third-order valence-corrected chi connectivity index (χ3v) is 11.4. The van der Waals surface area contributed by atoms with Crippen LogP contribution in [0, 0.1) is 6.92 Å². The number of hydrogen-bond donors (Lipinski definition) is 0. The van der Waals surface area contributed by atoms with Crippen molar-refractivity contribution in [1.82, 2.24) is 0 Å². The lowest BCUT2D eigenvalue weighted by atomic mass is 9.97. The van der Waals surface area contributed by atoms with Gasteiger partial charge in [0, 0.05) is 11.5 Å². The summed E-state index contributed by atoms with van der Waals surface area (Å²) in [5.41, 5.74) is 7.28. The summed E-state index contributed by atoms with van der Waals surface area (Å²) in [4.78, 5) is 0. The average molecular weight is 457 g/mol. The van der Waals surface area contributed by atoms with Gasteiger partial charge in [0.25, 0.3) is 5.52 Å². The molecule has 0 atom stereocenters. The van der Waals surface area contributed by atoms with E-state index in [1.165, 1.54) is 43.4 Å². The van der Waals surface area contributed by atoms with Gasteiger partial charge in [0.05, 0.1) is 5.56 Å². The molecule has 1 aliphatic rings. The quantitative estimate of drug-likeness (QED) is 0.160. The molecule has 0 unspecified atom stereocenters. The van der Waals surface area contributed by atoms with Gasteiger partial charge < -0.3 is 4.42 Å². The SMILES string of the molecule is Cc1ccccc1-c1oc2c3c(ccc4cc5c(cc43)[Si](C)(C)c3ccccc3-5)ccc2[n+]1C. The largest absolute Gasteiger partial charge is 0.397 e. The van der Waals surface area contributed by atoms with Gasteiger partial charge in [-0.15, -0.1) is 0 Å². The van der Waals surface area contributed by atoms with E-state index in [4.69, 9.17) is 4.42 Å². The van der Waals surface area contributed by atoms with Crippen LogP contribution in [0.25, 0.3) is 55.2 Å². The maximum atomic E-state index is 6.69. The summed E-state index contributed by atoms with van der Waals surface area (Å²) in [5, 5.41) is 8.08. The van der Waals surface area contributed by atoms with Crippen molar-refractivity contribution in [3.63, 3.8) is 0 Å². The monoisotopic (exact) mass is 456 g/mol. The van der Waals surface area contributed by atoms with E-state index in [1.807, 2.05) is 0 Å². The van der Waals surface area contributed by atoms with Gasteiger partial charge in [0.2, 0.25) is 5.58 Å². The van der Waals surface area contributed by atoms with Crippen molar-refractivity contribution in [3.8, 4) is 22.6 Å². The molecule has 0 radical (unpaired) electrons. The van der Waals surface area contributed by atoms with Crippen LogP contribution in [0.4, 0.5) is 0 Å². The Morgan fingerprint density at radius 3 is 2.24 bits per heavy atom. The van der Waals surface area contributed by atoms with Gasteiger partial charge in [-0.1, -0.05) is 73.8 Å². The molecule has 7 rings (SSSR count). The molecule has 2 nitrogen and oxygen atoms in total. The lowest BCUT2D eigenvalue weighted by Gasteiger charge is -2.19. The predicted molar refractivity (Wildman–Crippen MR) is 145 cm³/mol. The molecule has 5 aromatic carbocycles. The molecular formula is C31H26NOSi+. The Hall–Kier alpha value is -3.69. The highest BCUT2D eigenvalue weighted by molar-refractivity contribution is 7.04. The highest BCUT2D eigenvalue weighted by Gasteiger charge is 2.37. The molecule has 0 fully saturated rings. The van der Waals surface area contributed by atoms with E-state index in [1.54, 1.807) is 5.19 Å². The third-order valence-electron chi connectivity index (χ3n) is 7.87. The lowest BCUT2D eigenvalue weighted by molar-refractivity contribution is -0.637. The summed E-state index contributed by atoms with van der Waals surface area (Å²) in [5.74, 6) is 0.904. The zero-order valence-electron chi connectivity index (χ0n) is 19.9. The highest BCUT2D eigenvalue weighted by Crippen LogP contribution is 2.37. The number of hydrogen-bond acceptors (Lipinski definition) is 1. The molecule has 0 spiro atoms. The van der Waals surface area contributed by atoms with E-state index in [-0.39, 0.29) is 0 Å². The van der Waals surface area contributed by atoms with Crippen molar-refractivity contribution in [2.75, 3.05) is 0 Å². The molecule has 1 aliphatic heterocycles. The van der Waals surface area contributed by atoms with Crippen molar-refractivity contribution in [3.05, 3.63) is 90.5 Å². The summed E-state index contributed by atoms with van der Waals surface area (Å²) >= 11 is 0. The first-order valence-electron chi connectivity index (χ1n) is 11.9. The van der Waals surface area contributed by atoms with Crippen molar-refractivity contribution in [2.24, 2.45) is 7.05 Å². The predicted octanol–water partition coefficient (Wildman–Crippen LogP) is 6.34. The Morgan fingerprint density at radius 1 is 0.706 bits per heavy atom. The van der Waals surface area contributed by atoms with Crippen LogP contribution < -0.4 is 14.9 Å². The van der Waals surface area contributed by atoms with E-state index in [9.17, 15) is 0 Å². The molecule has 164 valence electrons. The first-order valence-corrected chi connectivity index (χ1v) is 14.9. The van der Waals surface area contributed by atoms with Crippen LogP contribution in [-0.4, -0.2) is 8.07 Å². The molecule has 1 aromatic heterocycles. The zero-order valence-corrected chi connectivity index (χ0v) is 20.9. The number of aromatic nitrogens is 1. The topological polar surface area (TPSA) is 17.0 Å². The highest BCUT2D eigenvalue weighted by atomic mass is 28.3. The van der Waals surface area contributed by atoms with Gasteiger partial charge >= 0.3 is 5.89 Å². The molecule has 0 N–H and O–H groups in total. The Balaban J connectivity index is 1.59. The third kappa shape index (κ3) is 2.48. The van der Waals surface area contributed by atoms with Crippen molar-refractivity contribution < 1.29 is 8.98 Å². The molecule has 0 bridgehead atoms. The summed E-state index contributed by atoms with van der Waals surface area (Å²) < 4.78 is 8.89. The van der Waals surface area contributed by atoms with E-state index in [2.05, 4.69) is 117 Å². The van der Waals surface area contributed by atoms with Crippen molar-refractivity contribution >= 4 is 51.1 Å². The fraction of sp³-hybridized carbons (Fsp3) is 0.129. The van der Waals surface area contributed by atoms with Gasteiger partial charge in [-0.2, -0.15) is 4.57 Å². The minimum absolute atomic E-state index is 0.904. The number of rotatable bonds is 1. The second kappa shape index (κ2) is 6.68. The van der Waals surface area contributed by atoms with Crippen LogP contribution in [0.3, 0.4) is 0 Å². The first kappa shape index (κ1) is 19.7. The molecule has 3 heteroatoms. The molecule has 6 aromatic rings. The second-order valence-corrected chi connectivity index (χ2v) is 14.5. The minimum Gasteiger partial charge on any atom is -0.397 e. The number of nitrogens with zero attached hydrogens (tertiary/aromatic N) is 1. The molecule has 0 aliphatic carbocycles. The van der Waals surface area contributed by atoms with Crippen LogP contribution >= 0.6 is 0 Å². The standard InChI is InChI=1S/C31H26NOSi/c1-19-9-5-6-10-22(19)31-32(2)26-16-15-20-13-14-21-17-25-23-11-7-8-12-27(23)34(3,4)28(25)18-24(21)29(20)30(26)33-31/h5-18H,1-4H3/q+1. The molecular weight excluding hydrogens is 430 g/mol. The van der Waals surface area contributed by atoms with Crippen molar-refractivity contribution in [1.29, 1.82) is 0 Å². The van der Waals surface area contributed by atoms with Crippen LogP contribution in [0.5, 0.6) is 0 Å². The van der Waals surface area contributed by atoms with Gasteiger partial charge in [-0.05, 0) is 68.3 Å². The fourth-order valence-corrected chi connectivity index (χ4v) is 9.07. The van der Waals surface area contributed by atoms with E-state index < -0.39 is 8.07 Å². The van der Waals surface area contributed by atoms with E-state index in [0.29, 0.717) is 0 Å². The number of fused-ring (bicyclic) bond motifs is 8. The molecule has 34 heavy (non-hydrogen) atoms. The van der Waals surface area contributed by atoms with Crippen molar-refractivity contribution in [2.45, 2.75) is 20.0 Å². The van der Waals surface area contributed by atoms with Gasteiger partial charge in [0.1, 0.15) is 15.1 Å². The average Bonchev–Trinajstić information content (AvgIpc) is 3.29. The zero-order chi connectivity index (χ0) is 23.2. The summed E-state index contributed by atoms with van der Waals surface area (Å²) in [6, 6.07) is 31.3. The maximum Gasteiger partial charge on any atom is 0.381 e. The molecule has 0 amide bonds. The molecule has 0 saturated carbocycles. The minimum atomic E-state index is -1.76. The number of aryl methyl sites for hydroxylation is 2. The van der Waals surface area contributed by atoms with Gasteiger partial charge in [0.15, 0.2) is 0 Å². The smallest absolute Gasteiger partial charge is 0.381 e. The van der Waals surface area contributed by atoms with Gasteiger partial charge in [-0.25, -0.2) is 0 Å². The Morgan fingerprint density at radius 2 is 1.41 bits per heavy atom. The van der Waals surface area contributed by atoms with Crippen LogP contribution in [0.15, 0.2) is 89.3 Å². The second-order valence-electron chi connectivity index (χ2n) is 10.1. The maximum absolute atomic E-state index is 6.69. The fourth-order valence-electron chi connectivity index (χ4n) is 5.99. The normalized spacial score (nSPS) is 14.1. The van der Waals surface area contributed by atoms with E-state index >= 15 is 0 Å². The number of oxazole rings is 1. The van der Waals surface area contributed by atoms with Crippen LogP contribution in [0.2, 0.25) is 13.1 Å². The van der Waals surface area contributed by atoms with Crippen LogP contribution in [-0.2, 0) is 7.05 Å². The summed E-state index contributed by atoms with van der Waals surface area (Å²) in [7, 11) is 0.351. The number of benzene rings is 5. The molecule has 0 saturated heterocycles. The Bertz CT molecular complexity index is 1810. The summed E-state index contributed by atoms with van der Waals surface area (Å²) in [6.07, 6.45) is 0. The molecule has 2 heterocycles.